The van der Waals surface area contributed by atoms with Crippen molar-refractivity contribution in [2.24, 2.45) is 10.9 Å². The Morgan fingerprint density at radius 3 is 2.60 bits per heavy atom. The molecule has 3 amide bonds. The van der Waals surface area contributed by atoms with Gasteiger partial charge in [0.1, 0.15) is 0 Å². The average Bonchev–Trinajstić information content (AvgIpc) is 3.20. The number of urea groups is 1. The first-order chi connectivity index (χ1) is 14.5. The highest BCUT2D eigenvalue weighted by atomic mass is 32.1. The Hall–Kier alpha value is -2.93. The maximum atomic E-state index is 12.8. The molecule has 0 radical (unpaired) electrons. The van der Waals surface area contributed by atoms with Crippen LogP contribution in [0.2, 0.25) is 0 Å². The number of fused-ring (bicyclic) bond motifs is 1. The van der Waals surface area contributed by atoms with Gasteiger partial charge in [-0.1, -0.05) is 42.5 Å². The molecular formula is C23H26N4O2S. The third kappa shape index (κ3) is 4.31. The van der Waals surface area contributed by atoms with Crippen LogP contribution in [0.5, 0.6) is 0 Å². The van der Waals surface area contributed by atoms with Gasteiger partial charge in [-0.25, -0.2) is 4.79 Å². The number of hydrogen-bond acceptors (Lipinski definition) is 3. The van der Waals surface area contributed by atoms with Crippen LogP contribution in [0.4, 0.5) is 4.79 Å². The van der Waals surface area contributed by atoms with E-state index in [0.29, 0.717) is 32.5 Å². The van der Waals surface area contributed by atoms with E-state index in [1.807, 2.05) is 28.3 Å². The molecule has 2 heterocycles. The summed E-state index contributed by atoms with van der Waals surface area (Å²) in [4.78, 5) is 33.4. The number of nitrogens with zero attached hydrogens (tertiary/aromatic N) is 4. The fourth-order valence-corrected chi connectivity index (χ4v) is 4.64. The van der Waals surface area contributed by atoms with Crippen molar-refractivity contribution in [2.75, 3.05) is 27.2 Å². The predicted octanol–water partition coefficient (Wildman–Crippen LogP) is 3.57. The van der Waals surface area contributed by atoms with Crippen LogP contribution in [0, 0.1) is 5.92 Å². The number of likely N-dealkylation sites (tertiary alicyclic amines) is 1. The molecule has 6 nitrogen and oxygen atoms in total. The Morgan fingerprint density at radius 1 is 1.10 bits per heavy atom. The van der Waals surface area contributed by atoms with Crippen molar-refractivity contribution in [3.05, 3.63) is 64.4 Å². The standard InChI is InChI=1S/C23H26N4O2S/c1-25(2)23(29)26-12-10-18(11-13-26)21(28)24-22-27(14-15-30-22)16-19-8-5-7-17-6-3-4-9-20(17)19/h3-9,14-15,18H,10-13,16H2,1-2H3. The number of thiazole rings is 1. The van der Waals surface area contributed by atoms with Crippen LogP contribution < -0.4 is 4.80 Å². The van der Waals surface area contributed by atoms with Crippen molar-refractivity contribution in [2.45, 2.75) is 19.4 Å². The normalized spacial score (nSPS) is 15.5. The molecule has 2 aromatic carbocycles. The summed E-state index contributed by atoms with van der Waals surface area (Å²) in [5, 5.41) is 4.39. The van der Waals surface area contributed by atoms with Gasteiger partial charge in [0.25, 0.3) is 5.91 Å². The summed E-state index contributed by atoms with van der Waals surface area (Å²) in [6.45, 7) is 1.87. The van der Waals surface area contributed by atoms with E-state index in [1.54, 1.807) is 23.9 Å². The van der Waals surface area contributed by atoms with Crippen LogP contribution in [0.15, 0.2) is 59.0 Å². The van der Waals surface area contributed by atoms with Gasteiger partial charge in [0.05, 0.1) is 6.54 Å². The number of piperidine rings is 1. The van der Waals surface area contributed by atoms with Crippen LogP contribution in [0.3, 0.4) is 0 Å². The van der Waals surface area contributed by atoms with E-state index >= 15 is 0 Å². The van der Waals surface area contributed by atoms with E-state index < -0.39 is 0 Å². The van der Waals surface area contributed by atoms with Gasteiger partial charge in [0.2, 0.25) is 0 Å². The first-order valence-electron chi connectivity index (χ1n) is 10.2. The lowest BCUT2D eigenvalue weighted by Gasteiger charge is -2.32. The minimum atomic E-state index is -0.121. The van der Waals surface area contributed by atoms with Gasteiger partial charge in [-0.3, -0.25) is 4.79 Å². The van der Waals surface area contributed by atoms with Gasteiger partial charge in [0.15, 0.2) is 4.80 Å². The summed E-state index contributed by atoms with van der Waals surface area (Å²) in [5.41, 5.74) is 1.20. The lowest BCUT2D eigenvalue weighted by atomic mass is 9.96. The van der Waals surface area contributed by atoms with Gasteiger partial charge in [0, 0.05) is 44.7 Å². The molecule has 7 heteroatoms. The van der Waals surface area contributed by atoms with Crippen LogP contribution in [-0.4, -0.2) is 53.5 Å². The summed E-state index contributed by atoms with van der Waals surface area (Å²) in [6, 6.07) is 14.6. The number of aromatic nitrogens is 1. The summed E-state index contributed by atoms with van der Waals surface area (Å²) in [5.74, 6) is -0.203. The zero-order valence-electron chi connectivity index (χ0n) is 17.3. The van der Waals surface area contributed by atoms with Crippen molar-refractivity contribution < 1.29 is 9.59 Å². The van der Waals surface area contributed by atoms with E-state index in [4.69, 9.17) is 0 Å². The van der Waals surface area contributed by atoms with Gasteiger partial charge in [-0.05, 0) is 29.2 Å². The number of rotatable bonds is 3. The molecule has 0 aliphatic carbocycles. The summed E-state index contributed by atoms with van der Waals surface area (Å²) in [6.07, 6.45) is 3.31. The smallest absolute Gasteiger partial charge is 0.319 e. The molecule has 0 spiro atoms. The molecule has 1 aliphatic heterocycles. The molecule has 3 aromatic rings. The second-order valence-electron chi connectivity index (χ2n) is 7.84. The van der Waals surface area contributed by atoms with Crippen molar-refractivity contribution in [1.29, 1.82) is 0 Å². The number of carbonyl (C=O) groups is 2. The molecule has 0 unspecified atom stereocenters. The topological polar surface area (TPSA) is 57.9 Å². The van der Waals surface area contributed by atoms with Crippen LogP contribution in [0.25, 0.3) is 10.8 Å². The Morgan fingerprint density at radius 2 is 1.83 bits per heavy atom. The number of hydrogen-bond donors (Lipinski definition) is 0. The maximum absolute atomic E-state index is 12.8. The summed E-state index contributed by atoms with van der Waals surface area (Å²) < 4.78 is 2.04. The van der Waals surface area contributed by atoms with Gasteiger partial charge < -0.3 is 14.4 Å². The van der Waals surface area contributed by atoms with Crippen LogP contribution in [0.1, 0.15) is 18.4 Å². The monoisotopic (exact) mass is 422 g/mol. The highest BCUT2D eigenvalue weighted by Gasteiger charge is 2.27. The SMILES string of the molecule is CN(C)C(=O)N1CCC(C(=O)N=c2sccn2Cc2cccc3ccccc23)CC1. The van der Waals surface area contributed by atoms with Gasteiger partial charge >= 0.3 is 6.03 Å². The molecule has 156 valence electrons. The fourth-order valence-electron chi connectivity index (χ4n) is 3.91. The number of carbonyl (C=O) groups excluding carboxylic acids is 2. The molecule has 0 bridgehead atoms. The molecule has 4 rings (SSSR count). The first-order valence-corrected chi connectivity index (χ1v) is 11.1. The minimum absolute atomic E-state index is 0.00373. The van der Waals surface area contributed by atoms with E-state index in [0.717, 1.165) is 4.80 Å². The number of benzene rings is 2. The Bertz CT molecular complexity index is 1120. The molecular weight excluding hydrogens is 396 g/mol. The maximum Gasteiger partial charge on any atom is 0.319 e. The molecule has 1 aromatic heterocycles. The van der Waals surface area contributed by atoms with E-state index in [-0.39, 0.29) is 17.9 Å². The lowest BCUT2D eigenvalue weighted by molar-refractivity contribution is -0.123. The molecule has 1 saturated heterocycles. The fraction of sp³-hybridized carbons (Fsp3) is 0.348. The zero-order valence-corrected chi connectivity index (χ0v) is 18.1. The second-order valence-corrected chi connectivity index (χ2v) is 8.71. The second kappa shape index (κ2) is 8.83. The Labute approximate surface area is 180 Å². The Balaban J connectivity index is 1.49. The van der Waals surface area contributed by atoms with Crippen LogP contribution >= 0.6 is 11.3 Å². The molecule has 1 aliphatic rings. The van der Waals surface area contributed by atoms with Gasteiger partial charge in [-0.15, -0.1) is 11.3 Å². The summed E-state index contributed by atoms with van der Waals surface area (Å²) >= 11 is 1.48. The average molecular weight is 423 g/mol. The molecule has 1 fully saturated rings. The van der Waals surface area contributed by atoms with Crippen molar-refractivity contribution in [3.8, 4) is 0 Å². The third-order valence-electron chi connectivity index (χ3n) is 5.58. The minimum Gasteiger partial charge on any atom is -0.331 e. The van der Waals surface area contributed by atoms with E-state index in [2.05, 4.69) is 35.3 Å². The predicted molar refractivity (Wildman–Crippen MR) is 119 cm³/mol. The lowest BCUT2D eigenvalue weighted by Crippen LogP contribution is -2.44. The molecule has 30 heavy (non-hydrogen) atoms. The number of amides is 3. The zero-order chi connectivity index (χ0) is 21.1. The molecule has 0 N–H and O–H groups in total. The van der Waals surface area contributed by atoms with Crippen molar-refractivity contribution in [3.63, 3.8) is 0 Å². The largest absolute Gasteiger partial charge is 0.331 e. The van der Waals surface area contributed by atoms with Crippen molar-refractivity contribution in [1.82, 2.24) is 14.4 Å². The van der Waals surface area contributed by atoms with Crippen molar-refractivity contribution >= 4 is 34.0 Å². The van der Waals surface area contributed by atoms with Gasteiger partial charge in [-0.2, -0.15) is 4.99 Å². The summed E-state index contributed by atoms with van der Waals surface area (Å²) in [7, 11) is 3.50. The van der Waals surface area contributed by atoms with Crippen LogP contribution in [-0.2, 0) is 11.3 Å². The molecule has 0 atom stereocenters. The quantitative estimate of drug-likeness (QED) is 0.648. The third-order valence-corrected chi connectivity index (χ3v) is 6.38. The highest BCUT2D eigenvalue weighted by molar-refractivity contribution is 7.07. The van der Waals surface area contributed by atoms with E-state index in [1.165, 1.54) is 27.7 Å². The Kier molecular flexibility index (Phi) is 5.99. The van der Waals surface area contributed by atoms with E-state index in [9.17, 15) is 9.59 Å². The highest BCUT2D eigenvalue weighted by Crippen LogP contribution is 2.20. The molecule has 0 saturated carbocycles. The first kappa shape index (κ1) is 20.3.